The summed E-state index contributed by atoms with van der Waals surface area (Å²) in [7, 11) is 0. The van der Waals surface area contributed by atoms with Gasteiger partial charge in [-0.15, -0.1) is 0 Å². The highest BCUT2D eigenvalue weighted by Crippen LogP contribution is 2.14. The quantitative estimate of drug-likeness (QED) is 0.752. The van der Waals surface area contributed by atoms with Crippen LogP contribution in [0.1, 0.15) is 21.5 Å². The molecule has 0 aliphatic rings. The molecular formula is C20H18N2O3. The lowest BCUT2D eigenvalue weighted by Gasteiger charge is -2.16. The van der Waals surface area contributed by atoms with Gasteiger partial charge in [0.2, 0.25) is 0 Å². The summed E-state index contributed by atoms with van der Waals surface area (Å²) in [6.07, 6.45) is 1.69. The largest absolute Gasteiger partial charge is 0.480 e. The third-order valence-corrected chi connectivity index (χ3v) is 4.14. The van der Waals surface area contributed by atoms with Crippen molar-refractivity contribution in [2.75, 3.05) is 0 Å². The molecule has 1 atom stereocenters. The van der Waals surface area contributed by atoms with Crippen LogP contribution in [0, 0.1) is 6.92 Å². The first-order chi connectivity index (χ1) is 12.0. The van der Waals surface area contributed by atoms with Crippen molar-refractivity contribution in [2.45, 2.75) is 19.4 Å². The maximum absolute atomic E-state index is 12.5. The second-order valence-corrected chi connectivity index (χ2v) is 5.91. The number of hydrogen-bond acceptors (Lipinski definition) is 3. The van der Waals surface area contributed by atoms with Crippen molar-refractivity contribution in [1.82, 2.24) is 10.3 Å². The summed E-state index contributed by atoms with van der Waals surface area (Å²) < 4.78 is 0. The molecule has 5 nitrogen and oxygen atoms in total. The maximum atomic E-state index is 12.5. The average molecular weight is 334 g/mol. The summed E-state index contributed by atoms with van der Waals surface area (Å²) >= 11 is 0. The zero-order valence-electron chi connectivity index (χ0n) is 13.8. The lowest BCUT2D eigenvalue weighted by atomic mass is 10.0. The number of benzene rings is 2. The Morgan fingerprint density at radius 1 is 1.12 bits per heavy atom. The van der Waals surface area contributed by atoms with Crippen molar-refractivity contribution in [3.05, 3.63) is 77.5 Å². The molecule has 0 aliphatic heterocycles. The molecule has 0 saturated heterocycles. The van der Waals surface area contributed by atoms with E-state index in [0.29, 0.717) is 5.56 Å². The molecule has 5 heteroatoms. The number of aliphatic carboxylic acids is 1. The predicted octanol–water partition coefficient (Wildman–Crippen LogP) is 2.97. The number of carbonyl (C=O) groups is 2. The maximum Gasteiger partial charge on any atom is 0.326 e. The molecule has 0 bridgehead atoms. The first-order valence-electron chi connectivity index (χ1n) is 7.97. The Morgan fingerprint density at radius 2 is 1.84 bits per heavy atom. The van der Waals surface area contributed by atoms with Gasteiger partial charge in [0.05, 0.1) is 11.1 Å². The number of aryl methyl sites for hydroxylation is 1. The van der Waals surface area contributed by atoms with Crippen molar-refractivity contribution < 1.29 is 14.7 Å². The number of fused-ring (bicyclic) bond motifs is 1. The molecule has 25 heavy (non-hydrogen) atoms. The Morgan fingerprint density at radius 3 is 2.60 bits per heavy atom. The zero-order chi connectivity index (χ0) is 17.8. The number of aromatic nitrogens is 1. The van der Waals surface area contributed by atoms with E-state index in [4.69, 9.17) is 0 Å². The van der Waals surface area contributed by atoms with Gasteiger partial charge >= 0.3 is 5.97 Å². The van der Waals surface area contributed by atoms with E-state index >= 15 is 0 Å². The first-order valence-corrected chi connectivity index (χ1v) is 7.97. The molecule has 1 aromatic heterocycles. The molecule has 0 radical (unpaired) electrons. The van der Waals surface area contributed by atoms with Gasteiger partial charge in [0, 0.05) is 18.0 Å². The molecule has 0 fully saturated rings. The topological polar surface area (TPSA) is 79.3 Å². The molecule has 2 N–H and O–H groups in total. The highest BCUT2D eigenvalue weighted by Gasteiger charge is 2.22. The number of nitrogens with zero attached hydrogens (tertiary/aromatic N) is 1. The van der Waals surface area contributed by atoms with Crippen LogP contribution in [-0.4, -0.2) is 28.0 Å². The summed E-state index contributed by atoms with van der Waals surface area (Å²) in [5.74, 6) is -1.51. The van der Waals surface area contributed by atoms with Crippen molar-refractivity contribution >= 4 is 22.8 Å². The number of rotatable bonds is 5. The van der Waals surface area contributed by atoms with Crippen molar-refractivity contribution in [3.63, 3.8) is 0 Å². The van der Waals surface area contributed by atoms with Crippen molar-refractivity contribution in [3.8, 4) is 0 Å². The SMILES string of the molecule is Cc1ccccc1C[C@@H](NC(=O)c1cnc2ccccc2c1)C(=O)O. The molecule has 3 rings (SSSR count). The Kier molecular flexibility index (Phi) is 4.75. The summed E-state index contributed by atoms with van der Waals surface area (Å²) in [5, 5.41) is 12.9. The van der Waals surface area contributed by atoms with E-state index < -0.39 is 17.9 Å². The second kappa shape index (κ2) is 7.13. The molecule has 0 aliphatic carbocycles. The minimum absolute atomic E-state index is 0.231. The Hall–Kier alpha value is -3.21. The lowest BCUT2D eigenvalue weighted by Crippen LogP contribution is -2.42. The van der Waals surface area contributed by atoms with Crippen molar-refractivity contribution in [1.29, 1.82) is 0 Å². The van der Waals surface area contributed by atoms with Gasteiger partial charge in [-0.1, -0.05) is 42.5 Å². The van der Waals surface area contributed by atoms with Crippen LogP contribution < -0.4 is 5.32 Å². The van der Waals surface area contributed by atoms with Crippen LogP contribution in [0.5, 0.6) is 0 Å². The highest BCUT2D eigenvalue weighted by atomic mass is 16.4. The molecule has 0 saturated carbocycles. The van der Waals surface area contributed by atoms with E-state index in [0.717, 1.165) is 22.0 Å². The monoisotopic (exact) mass is 334 g/mol. The van der Waals surface area contributed by atoms with Gasteiger partial charge in [-0.25, -0.2) is 4.79 Å². The van der Waals surface area contributed by atoms with Crippen LogP contribution in [0.3, 0.4) is 0 Å². The predicted molar refractivity (Wildman–Crippen MR) is 95.5 cm³/mol. The number of hydrogen-bond donors (Lipinski definition) is 2. The number of carboxylic acids is 1. The van der Waals surface area contributed by atoms with Gasteiger partial charge in [0.25, 0.3) is 5.91 Å². The minimum Gasteiger partial charge on any atom is -0.480 e. The number of carboxylic acid groups (broad SMARTS) is 1. The Bertz CT molecular complexity index is 937. The number of nitrogens with one attached hydrogen (secondary N) is 1. The molecular weight excluding hydrogens is 316 g/mol. The molecule has 1 amide bonds. The summed E-state index contributed by atoms with van der Waals surface area (Å²) in [4.78, 5) is 28.3. The van der Waals surface area contributed by atoms with Gasteiger partial charge in [-0.3, -0.25) is 9.78 Å². The molecule has 3 aromatic rings. The first kappa shape index (κ1) is 16.6. The fourth-order valence-corrected chi connectivity index (χ4v) is 2.70. The molecule has 1 heterocycles. The van der Waals surface area contributed by atoms with Gasteiger partial charge in [-0.2, -0.15) is 0 Å². The van der Waals surface area contributed by atoms with E-state index in [1.807, 2.05) is 55.5 Å². The van der Waals surface area contributed by atoms with Gasteiger partial charge in [-0.05, 0) is 30.2 Å². The van der Waals surface area contributed by atoms with Crippen LogP contribution in [0.15, 0.2) is 60.8 Å². The normalized spacial score (nSPS) is 11.9. The lowest BCUT2D eigenvalue weighted by molar-refractivity contribution is -0.139. The number of amides is 1. The number of carbonyl (C=O) groups excluding carboxylic acids is 1. The van der Waals surface area contributed by atoms with Crippen molar-refractivity contribution in [2.24, 2.45) is 0 Å². The van der Waals surface area contributed by atoms with Crippen LogP contribution in [0.2, 0.25) is 0 Å². The summed E-state index contributed by atoms with van der Waals surface area (Å²) in [5.41, 5.74) is 3.02. The molecule has 0 spiro atoms. The third-order valence-electron chi connectivity index (χ3n) is 4.14. The van der Waals surface area contributed by atoms with E-state index in [1.165, 1.54) is 6.20 Å². The highest BCUT2D eigenvalue weighted by molar-refractivity contribution is 5.99. The van der Waals surface area contributed by atoms with E-state index in [-0.39, 0.29) is 6.42 Å². The standard InChI is InChI=1S/C20H18N2O3/c1-13-6-2-3-7-14(13)11-18(20(24)25)22-19(23)16-10-15-8-4-5-9-17(15)21-12-16/h2-10,12,18H,11H2,1H3,(H,22,23)(H,24,25)/t18-/m1/s1. The van der Waals surface area contributed by atoms with Crippen LogP contribution in [-0.2, 0) is 11.2 Å². The average Bonchev–Trinajstić information content (AvgIpc) is 2.62. The Balaban J connectivity index is 1.80. The van der Waals surface area contributed by atoms with E-state index in [1.54, 1.807) is 6.07 Å². The molecule has 126 valence electrons. The third kappa shape index (κ3) is 3.83. The second-order valence-electron chi connectivity index (χ2n) is 5.91. The van der Waals surface area contributed by atoms with Gasteiger partial charge in [0.1, 0.15) is 6.04 Å². The summed E-state index contributed by atoms with van der Waals surface area (Å²) in [6, 6.07) is 15.7. The van der Waals surface area contributed by atoms with E-state index in [9.17, 15) is 14.7 Å². The fourth-order valence-electron chi connectivity index (χ4n) is 2.70. The van der Waals surface area contributed by atoms with Gasteiger partial charge in [0.15, 0.2) is 0 Å². The fraction of sp³-hybridized carbons (Fsp3) is 0.150. The number of para-hydroxylation sites is 1. The zero-order valence-corrected chi connectivity index (χ0v) is 13.8. The van der Waals surface area contributed by atoms with Crippen LogP contribution in [0.25, 0.3) is 10.9 Å². The molecule has 2 aromatic carbocycles. The smallest absolute Gasteiger partial charge is 0.326 e. The van der Waals surface area contributed by atoms with E-state index in [2.05, 4.69) is 10.3 Å². The summed E-state index contributed by atoms with van der Waals surface area (Å²) in [6.45, 7) is 1.92. The van der Waals surface area contributed by atoms with Crippen LogP contribution >= 0.6 is 0 Å². The van der Waals surface area contributed by atoms with Gasteiger partial charge < -0.3 is 10.4 Å². The minimum atomic E-state index is -1.06. The molecule has 0 unspecified atom stereocenters. The Labute approximate surface area is 145 Å². The van der Waals surface area contributed by atoms with Crippen LogP contribution in [0.4, 0.5) is 0 Å². The number of pyridine rings is 1.